The van der Waals surface area contributed by atoms with Crippen LogP contribution < -0.4 is 15.6 Å². The Kier molecular flexibility index (Phi) is 4.17. The molecule has 0 unspecified atom stereocenters. The van der Waals surface area contributed by atoms with Gasteiger partial charge < -0.3 is 15.3 Å². The number of nitrogens with zero attached hydrogens (tertiary/aromatic N) is 3. The Hall–Kier alpha value is -2.78. The highest BCUT2D eigenvalue weighted by Crippen LogP contribution is 2.27. The van der Waals surface area contributed by atoms with E-state index in [-0.39, 0.29) is 5.39 Å². The monoisotopic (exact) mass is 374 g/mol. The molecule has 3 heterocycles. The Bertz CT molecular complexity index is 1040. The molecule has 0 radical (unpaired) electrons. The minimum absolute atomic E-state index is 0.0245. The van der Waals surface area contributed by atoms with Crippen molar-refractivity contribution in [3.63, 3.8) is 0 Å². The lowest BCUT2D eigenvalue weighted by molar-refractivity contribution is 0.0695. The zero-order chi connectivity index (χ0) is 18.3. The summed E-state index contributed by atoms with van der Waals surface area (Å²) in [5.74, 6) is -1.89. The number of piperazine rings is 1. The van der Waals surface area contributed by atoms with Gasteiger partial charge >= 0.3 is 5.97 Å². The number of aromatic carboxylic acids is 1. The third kappa shape index (κ3) is 2.74. The summed E-state index contributed by atoms with van der Waals surface area (Å²) in [4.78, 5) is 30.1. The lowest BCUT2D eigenvalue weighted by atomic mass is 10.1. The smallest absolute Gasteiger partial charge is 0.341 e. The number of anilines is 1. The van der Waals surface area contributed by atoms with E-state index in [0.29, 0.717) is 29.4 Å². The van der Waals surface area contributed by atoms with Crippen LogP contribution in [0.5, 0.6) is 0 Å². The van der Waals surface area contributed by atoms with Gasteiger partial charge in [0.15, 0.2) is 5.13 Å². The Balaban J connectivity index is 2.02. The van der Waals surface area contributed by atoms with Crippen LogP contribution in [0.1, 0.15) is 10.4 Å². The Morgan fingerprint density at radius 1 is 1.31 bits per heavy atom. The van der Waals surface area contributed by atoms with Crippen LogP contribution in [0, 0.1) is 5.82 Å². The number of fused-ring (bicyclic) bond motifs is 1. The number of benzene rings is 1. The van der Waals surface area contributed by atoms with E-state index >= 15 is 0 Å². The van der Waals surface area contributed by atoms with E-state index in [1.807, 2.05) is 4.90 Å². The first-order valence-electron chi connectivity index (χ1n) is 8.04. The van der Waals surface area contributed by atoms with Crippen molar-refractivity contribution in [3.05, 3.63) is 51.5 Å². The van der Waals surface area contributed by atoms with Crippen molar-refractivity contribution in [1.29, 1.82) is 0 Å². The highest BCUT2D eigenvalue weighted by Gasteiger charge is 2.21. The summed E-state index contributed by atoms with van der Waals surface area (Å²) in [6.45, 7) is 2.79. The number of thiazole rings is 1. The lowest BCUT2D eigenvalue weighted by Gasteiger charge is -2.30. The number of carboxylic acid groups (broad SMARTS) is 1. The molecule has 0 aliphatic carbocycles. The fraction of sp³-hybridized carbons (Fsp3) is 0.235. The molecule has 1 aliphatic heterocycles. The van der Waals surface area contributed by atoms with E-state index in [2.05, 4.69) is 10.3 Å². The number of hydrogen-bond acceptors (Lipinski definition) is 6. The van der Waals surface area contributed by atoms with Crippen molar-refractivity contribution in [2.45, 2.75) is 0 Å². The molecule has 26 heavy (non-hydrogen) atoms. The molecule has 1 aliphatic rings. The molecule has 0 atom stereocenters. The molecule has 134 valence electrons. The summed E-state index contributed by atoms with van der Waals surface area (Å²) in [6.07, 6.45) is 2.84. The number of rotatable bonds is 3. The Morgan fingerprint density at radius 2 is 2.08 bits per heavy atom. The SMILES string of the molecule is O=C(O)c1cn(-c2nccs2)c2cc(N3CCNCC3)c(F)cc2c1=O. The van der Waals surface area contributed by atoms with Gasteiger partial charge in [0.2, 0.25) is 5.43 Å². The molecule has 0 spiro atoms. The zero-order valence-electron chi connectivity index (χ0n) is 13.6. The fourth-order valence-corrected chi connectivity index (χ4v) is 3.76. The number of hydrogen-bond donors (Lipinski definition) is 2. The lowest BCUT2D eigenvalue weighted by Crippen LogP contribution is -2.43. The predicted molar refractivity (Wildman–Crippen MR) is 97.2 cm³/mol. The molecule has 2 N–H and O–H groups in total. The molecule has 0 bridgehead atoms. The summed E-state index contributed by atoms with van der Waals surface area (Å²) in [5, 5.41) is 14.8. The van der Waals surface area contributed by atoms with Gasteiger partial charge in [-0.1, -0.05) is 0 Å². The van der Waals surface area contributed by atoms with E-state index in [9.17, 15) is 19.1 Å². The van der Waals surface area contributed by atoms with Crippen molar-refractivity contribution in [2.75, 3.05) is 31.1 Å². The standard InChI is InChI=1S/C17H15FN4O3S/c18-12-7-10-13(8-14(12)21-4-1-19-2-5-21)22(17-20-3-6-26-17)9-11(15(10)23)16(24)25/h3,6-9,19H,1-2,4-5H2,(H,24,25). The Morgan fingerprint density at radius 3 is 2.73 bits per heavy atom. The van der Waals surface area contributed by atoms with Gasteiger partial charge in [-0.15, -0.1) is 11.3 Å². The van der Waals surface area contributed by atoms with Crippen molar-refractivity contribution in [2.24, 2.45) is 0 Å². The molecule has 0 saturated carbocycles. The summed E-state index contributed by atoms with van der Waals surface area (Å²) in [5.41, 5.74) is -0.287. The summed E-state index contributed by atoms with van der Waals surface area (Å²) in [7, 11) is 0. The average molecular weight is 374 g/mol. The molecule has 2 aromatic heterocycles. The molecular weight excluding hydrogens is 359 g/mol. The first-order valence-corrected chi connectivity index (χ1v) is 8.92. The second-order valence-electron chi connectivity index (χ2n) is 5.92. The molecule has 4 rings (SSSR count). The van der Waals surface area contributed by atoms with E-state index < -0.39 is 22.8 Å². The zero-order valence-corrected chi connectivity index (χ0v) is 14.4. The quantitative estimate of drug-likeness (QED) is 0.726. The highest BCUT2D eigenvalue weighted by molar-refractivity contribution is 7.12. The van der Waals surface area contributed by atoms with Crippen LogP contribution in [0.3, 0.4) is 0 Å². The van der Waals surface area contributed by atoms with Crippen LogP contribution in [0.4, 0.5) is 10.1 Å². The average Bonchev–Trinajstić information content (AvgIpc) is 3.17. The molecule has 7 nitrogen and oxygen atoms in total. The van der Waals surface area contributed by atoms with Crippen molar-refractivity contribution >= 4 is 33.9 Å². The van der Waals surface area contributed by atoms with Gasteiger partial charge in [-0.05, 0) is 12.1 Å². The van der Waals surface area contributed by atoms with Crippen molar-refractivity contribution in [1.82, 2.24) is 14.9 Å². The largest absolute Gasteiger partial charge is 0.477 e. The number of carbonyl (C=O) groups is 1. The number of aromatic nitrogens is 2. The summed E-state index contributed by atoms with van der Waals surface area (Å²) < 4.78 is 16.3. The predicted octanol–water partition coefficient (Wildman–Crippen LogP) is 1.69. The molecule has 1 fully saturated rings. The van der Waals surface area contributed by atoms with Gasteiger partial charge in [-0.2, -0.15) is 0 Å². The van der Waals surface area contributed by atoms with Gasteiger partial charge in [-0.3, -0.25) is 9.36 Å². The maximum atomic E-state index is 14.7. The van der Waals surface area contributed by atoms with E-state index in [1.54, 1.807) is 17.6 Å². The second-order valence-corrected chi connectivity index (χ2v) is 6.79. The van der Waals surface area contributed by atoms with Crippen molar-refractivity contribution in [3.8, 4) is 5.13 Å². The number of nitrogens with one attached hydrogen (secondary N) is 1. The third-order valence-corrected chi connectivity index (χ3v) is 5.16. The number of pyridine rings is 1. The molecule has 1 saturated heterocycles. The number of halogens is 1. The van der Waals surface area contributed by atoms with Crippen LogP contribution in [0.2, 0.25) is 0 Å². The molecule has 1 aromatic carbocycles. The van der Waals surface area contributed by atoms with Crippen LogP contribution in [-0.4, -0.2) is 46.8 Å². The minimum Gasteiger partial charge on any atom is -0.477 e. The Labute approximate surface area is 151 Å². The van der Waals surface area contributed by atoms with Gasteiger partial charge in [0, 0.05) is 44.0 Å². The van der Waals surface area contributed by atoms with Crippen LogP contribution in [0.15, 0.2) is 34.7 Å². The van der Waals surface area contributed by atoms with Gasteiger partial charge in [0.25, 0.3) is 0 Å². The molecule has 3 aromatic rings. The fourth-order valence-electron chi connectivity index (χ4n) is 3.13. The van der Waals surface area contributed by atoms with Crippen LogP contribution in [0.25, 0.3) is 16.0 Å². The number of carboxylic acids is 1. The normalized spacial score (nSPS) is 14.7. The second kappa shape index (κ2) is 6.50. The maximum absolute atomic E-state index is 14.7. The van der Waals surface area contributed by atoms with E-state index in [1.165, 1.54) is 22.1 Å². The highest BCUT2D eigenvalue weighted by atomic mass is 32.1. The van der Waals surface area contributed by atoms with E-state index in [0.717, 1.165) is 19.2 Å². The first kappa shape index (κ1) is 16.7. The minimum atomic E-state index is -1.35. The third-order valence-electron chi connectivity index (χ3n) is 4.39. The molecule has 0 amide bonds. The molecule has 9 heteroatoms. The van der Waals surface area contributed by atoms with Gasteiger partial charge in [0.05, 0.1) is 16.6 Å². The summed E-state index contributed by atoms with van der Waals surface area (Å²) >= 11 is 1.30. The van der Waals surface area contributed by atoms with Crippen LogP contribution in [-0.2, 0) is 0 Å². The molecular formula is C17H15FN4O3S. The van der Waals surface area contributed by atoms with Crippen LogP contribution >= 0.6 is 11.3 Å². The maximum Gasteiger partial charge on any atom is 0.341 e. The van der Waals surface area contributed by atoms with E-state index in [4.69, 9.17) is 0 Å². The van der Waals surface area contributed by atoms with Gasteiger partial charge in [0.1, 0.15) is 11.4 Å². The first-order chi connectivity index (χ1) is 12.6. The summed E-state index contributed by atoms with van der Waals surface area (Å²) in [6, 6.07) is 2.73. The van der Waals surface area contributed by atoms with Crippen molar-refractivity contribution < 1.29 is 14.3 Å². The topological polar surface area (TPSA) is 87.5 Å². The van der Waals surface area contributed by atoms with Gasteiger partial charge in [-0.25, -0.2) is 14.2 Å².